The number of alkyl halides is 2. The second-order valence-electron chi connectivity index (χ2n) is 7.84. The lowest BCUT2D eigenvalue weighted by Crippen LogP contribution is -2.46. The monoisotopic (exact) mass is 475 g/mol. The molecule has 1 fully saturated rings. The predicted octanol–water partition coefficient (Wildman–Crippen LogP) is 4.64. The zero-order chi connectivity index (χ0) is 24.2. The lowest BCUT2D eigenvalue weighted by atomic mass is 10.1. The average Bonchev–Trinajstić information content (AvgIpc) is 2.80. The second kappa shape index (κ2) is 10.1. The summed E-state index contributed by atoms with van der Waals surface area (Å²) in [5, 5.41) is 2.95. The Labute approximate surface area is 194 Å². The number of hydrogen-bond donors (Lipinski definition) is 1. The van der Waals surface area contributed by atoms with Crippen molar-refractivity contribution in [2.75, 3.05) is 30.4 Å². The van der Waals surface area contributed by atoms with Gasteiger partial charge in [-0.3, -0.25) is 0 Å². The SMILES string of the molecule is COc1ncc(-c2ccc(OC(F)F)cc2)cc1Nc1nc(N2CC(C)O[C@H](C)C2)ncc1F. The standard InChI is InChI=1S/C23H24F3N5O3/c1-13-11-31(12-14(2)33-13)23-28-10-18(24)20(30-23)29-19-8-16(9-27-21(19)32-3)15-4-6-17(7-5-15)34-22(25)26/h4-10,13-14,22H,11-12H2,1-3H3,(H,28,29,30)/t13-,14?/m1/s1. The van der Waals surface area contributed by atoms with Gasteiger partial charge in [-0.05, 0) is 37.6 Å². The van der Waals surface area contributed by atoms with Crippen LogP contribution in [0.15, 0.2) is 42.7 Å². The Hall–Kier alpha value is -3.60. The van der Waals surface area contributed by atoms with Crippen molar-refractivity contribution in [1.29, 1.82) is 0 Å². The van der Waals surface area contributed by atoms with Crippen LogP contribution in [0.25, 0.3) is 11.1 Å². The van der Waals surface area contributed by atoms with Gasteiger partial charge >= 0.3 is 6.61 Å². The fourth-order valence-corrected chi connectivity index (χ4v) is 3.76. The Morgan fingerprint density at radius 1 is 1.06 bits per heavy atom. The van der Waals surface area contributed by atoms with E-state index in [4.69, 9.17) is 9.47 Å². The Morgan fingerprint density at radius 2 is 1.76 bits per heavy atom. The number of morpholine rings is 1. The second-order valence-corrected chi connectivity index (χ2v) is 7.84. The lowest BCUT2D eigenvalue weighted by molar-refractivity contribution is -0.0498. The van der Waals surface area contributed by atoms with Crippen LogP contribution in [-0.4, -0.2) is 54.0 Å². The molecule has 0 amide bonds. The molecule has 3 aromatic rings. The van der Waals surface area contributed by atoms with Crippen LogP contribution in [0, 0.1) is 5.82 Å². The molecule has 1 aliphatic rings. The van der Waals surface area contributed by atoms with E-state index in [2.05, 4.69) is 25.0 Å². The maximum absolute atomic E-state index is 14.6. The van der Waals surface area contributed by atoms with Crippen LogP contribution in [-0.2, 0) is 4.74 Å². The van der Waals surface area contributed by atoms with Crippen LogP contribution in [0.3, 0.4) is 0 Å². The molecule has 2 aromatic heterocycles. The van der Waals surface area contributed by atoms with Crippen molar-refractivity contribution in [3.8, 4) is 22.8 Å². The van der Waals surface area contributed by atoms with Gasteiger partial charge < -0.3 is 24.4 Å². The van der Waals surface area contributed by atoms with E-state index in [-0.39, 0.29) is 29.7 Å². The zero-order valence-corrected chi connectivity index (χ0v) is 18.8. The van der Waals surface area contributed by atoms with E-state index in [9.17, 15) is 13.2 Å². The molecule has 1 aliphatic heterocycles. The molecule has 4 rings (SSSR count). The Morgan fingerprint density at radius 3 is 2.41 bits per heavy atom. The first-order chi connectivity index (χ1) is 16.3. The molecule has 1 aromatic carbocycles. The minimum atomic E-state index is -2.90. The summed E-state index contributed by atoms with van der Waals surface area (Å²) in [6.07, 6.45) is 2.66. The Bertz CT molecular complexity index is 1120. The summed E-state index contributed by atoms with van der Waals surface area (Å²) in [6, 6.07) is 7.80. The third-order valence-electron chi connectivity index (χ3n) is 5.14. The van der Waals surface area contributed by atoms with Gasteiger partial charge in [-0.1, -0.05) is 12.1 Å². The van der Waals surface area contributed by atoms with E-state index in [1.807, 2.05) is 18.7 Å². The number of methoxy groups -OCH3 is 1. The summed E-state index contributed by atoms with van der Waals surface area (Å²) in [7, 11) is 1.45. The first-order valence-electron chi connectivity index (χ1n) is 10.6. The van der Waals surface area contributed by atoms with Crippen LogP contribution in [0.1, 0.15) is 13.8 Å². The van der Waals surface area contributed by atoms with E-state index in [1.165, 1.54) is 19.2 Å². The Kier molecular flexibility index (Phi) is 7.01. The van der Waals surface area contributed by atoms with E-state index in [1.54, 1.807) is 24.4 Å². The molecule has 11 heteroatoms. The van der Waals surface area contributed by atoms with Crippen molar-refractivity contribution in [1.82, 2.24) is 15.0 Å². The summed E-state index contributed by atoms with van der Waals surface area (Å²) >= 11 is 0. The van der Waals surface area contributed by atoms with Gasteiger partial charge in [0.15, 0.2) is 11.6 Å². The molecule has 0 spiro atoms. The Balaban J connectivity index is 1.61. The molecule has 0 radical (unpaired) electrons. The minimum Gasteiger partial charge on any atom is -0.480 e. The fraction of sp³-hybridized carbons (Fsp3) is 0.348. The molecule has 0 aliphatic carbocycles. The number of nitrogens with zero attached hydrogens (tertiary/aromatic N) is 4. The number of pyridine rings is 1. The molecule has 1 saturated heterocycles. The van der Waals surface area contributed by atoms with Crippen molar-refractivity contribution in [3.05, 3.63) is 48.5 Å². The molecule has 0 bridgehead atoms. The quantitative estimate of drug-likeness (QED) is 0.529. The molecule has 1 unspecified atom stereocenters. The topological polar surface area (TPSA) is 81.6 Å². The summed E-state index contributed by atoms with van der Waals surface area (Å²) in [5.41, 5.74) is 1.72. The molecule has 2 atom stereocenters. The molecule has 3 heterocycles. The maximum Gasteiger partial charge on any atom is 0.387 e. The van der Waals surface area contributed by atoms with Crippen molar-refractivity contribution in [2.24, 2.45) is 0 Å². The van der Waals surface area contributed by atoms with Gasteiger partial charge in [0.25, 0.3) is 0 Å². The molecule has 1 N–H and O–H groups in total. The van der Waals surface area contributed by atoms with Crippen molar-refractivity contribution >= 4 is 17.5 Å². The van der Waals surface area contributed by atoms with Crippen LogP contribution in [0.5, 0.6) is 11.6 Å². The third-order valence-corrected chi connectivity index (χ3v) is 5.14. The number of halogens is 3. The van der Waals surface area contributed by atoms with Gasteiger partial charge in [-0.15, -0.1) is 0 Å². The van der Waals surface area contributed by atoms with Gasteiger partial charge in [0.1, 0.15) is 11.4 Å². The molecule has 34 heavy (non-hydrogen) atoms. The van der Waals surface area contributed by atoms with Crippen LogP contribution < -0.4 is 19.7 Å². The molecular formula is C23H24F3N5O3. The van der Waals surface area contributed by atoms with Crippen LogP contribution >= 0.6 is 0 Å². The smallest absolute Gasteiger partial charge is 0.387 e. The summed E-state index contributed by atoms with van der Waals surface area (Å²) in [6.45, 7) is 2.18. The molecule has 0 saturated carbocycles. The average molecular weight is 475 g/mol. The van der Waals surface area contributed by atoms with Gasteiger partial charge in [-0.2, -0.15) is 13.8 Å². The number of nitrogens with one attached hydrogen (secondary N) is 1. The molecule has 180 valence electrons. The van der Waals surface area contributed by atoms with E-state index >= 15 is 0 Å². The van der Waals surface area contributed by atoms with Gasteiger partial charge in [0, 0.05) is 24.8 Å². The summed E-state index contributed by atoms with van der Waals surface area (Å²) < 4.78 is 54.9. The highest BCUT2D eigenvalue weighted by molar-refractivity contribution is 5.72. The minimum absolute atomic E-state index is 0.00716. The van der Waals surface area contributed by atoms with Crippen molar-refractivity contribution < 1.29 is 27.4 Å². The molecular weight excluding hydrogens is 451 g/mol. The van der Waals surface area contributed by atoms with Gasteiger partial charge in [-0.25, -0.2) is 14.4 Å². The summed E-state index contributed by atoms with van der Waals surface area (Å²) in [4.78, 5) is 14.7. The first-order valence-corrected chi connectivity index (χ1v) is 10.6. The highest BCUT2D eigenvalue weighted by Gasteiger charge is 2.25. The number of ether oxygens (including phenoxy) is 3. The lowest BCUT2D eigenvalue weighted by Gasteiger charge is -2.35. The van der Waals surface area contributed by atoms with E-state index in [0.717, 1.165) is 6.20 Å². The van der Waals surface area contributed by atoms with Crippen LogP contribution in [0.4, 0.5) is 30.6 Å². The van der Waals surface area contributed by atoms with Crippen LogP contribution in [0.2, 0.25) is 0 Å². The fourth-order valence-electron chi connectivity index (χ4n) is 3.76. The number of benzene rings is 1. The van der Waals surface area contributed by atoms with E-state index < -0.39 is 12.4 Å². The maximum atomic E-state index is 14.6. The summed E-state index contributed by atoms with van der Waals surface area (Å²) in [5.74, 6) is -0.0205. The number of aromatic nitrogens is 3. The highest BCUT2D eigenvalue weighted by atomic mass is 19.3. The van der Waals surface area contributed by atoms with E-state index in [0.29, 0.717) is 35.9 Å². The largest absolute Gasteiger partial charge is 0.480 e. The predicted molar refractivity (Wildman–Crippen MR) is 120 cm³/mol. The van der Waals surface area contributed by atoms with Gasteiger partial charge in [0.2, 0.25) is 11.8 Å². The number of rotatable bonds is 7. The normalized spacial score (nSPS) is 18.1. The zero-order valence-electron chi connectivity index (χ0n) is 18.8. The van der Waals surface area contributed by atoms with Crippen molar-refractivity contribution in [3.63, 3.8) is 0 Å². The third kappa shape index (κ3) is 5.48. The first kappa shape index (κ1) is 23.6. The molecule has 8 nitrogen and oxygen atoms in total. The van der Waals surface area contributed by atoms with Gasteiger partial charge in [0.05, 0.1) is 25.5 Å². The number of anilines is 3. The number of hydrogen-bond acceptors (Lipinski definition) is 8. The van der Waals surface area contributed by atoms with Crippen molar-refractivity contribution in [2.45, 2.75) is 32.7 Å². The highest BCUT2D eigenvalue weighted by Crippen LogP contribution is 2.32.